The zero-order chi connectivity index (χ0) is 16.1. The van der Waals surface area contributed by atoms with Crippen LogP contribution in [-0.2, 0) is 4.74 Å². The third-order valence-corrected chi connectivity index (χ3v) is 4.05. The van der Waals surface area contributed by atoms with E-state index in [2.05, 4.69) is 41.1 Å². The Labute approximate surface area is 137 Å². The number of hydrogen-bond donors (Lipinski definition) is 0. The molecule has 2 aromatic carbocycles. The third-order valence-electron chi connectivity index (χ3n) is 4.05. The van der Waals surface area contributed by atoms with Crippen LogP contribution in [0, 0.1) is 6.92 Å². The van der Waals surface area contributed by atoms with Crippen LogP contribution in [0.15, 0.2) is 47.5 Å². The molecule has 3 rings (SSSR count). The van der Waals surface area contributed by atoms with Gasteiger partial charge < -0.3 is 14.4 Å². The normalized spacial score (nSPS) is 15.1. The number of anilines is 1. The molecule has 4 heteroatoms. The quantitative estimate of drug-likeness (QED) is 0.809. The molecular weight excluding hydrogens is 288 g/mol. The van der Waals surface area contributed by atoms with E-state index >= 15 is 0 Å². The molecule has 23 heavy (non-hydrogen) atoms. The van der Waals surface area contributed by atoms with Crippen molar-refractivity contribution in [2.75, 3.05) is 38.3 Å². The van der Waals surface area contributed by atoms with Gasteiger partial charge in [-0.05, 0) is 30.7 Å². The number of hydrogen-bond acceptors (Lipinski definition) is 4. The Kier molecular flexibility index (Phi) is 4.93. The molecule has 4 nitrogen and oxygen atoms in total. The summed E-state index contributed by atoms with van der Waals surface area (Å²) in [6.07, 6.45) is 1.87. The molecule has 0 spiro atoms. The van der Waals surface area contributed by atoms with Crippen molar-refractivity contribution in [1.29, 1.82) is 0 Å². The minimum Gasteiger partial charge on any atom is -0.496 e. The van der Waals surface area contributed by atoms with Gasteiger partial charge in [-0.2, -0.15) is 0 Å². The van der Waals surface area contributed by atoms with Gasteiger partial charge >= 0.3 is 0 Å². The molecule has 1 fully saturated rings. The van der Waals surface area contributed by atoms with Crippen LogP contribution in [0.4, 0.5) is 11.4 Å². The van der Waals surface area contributed by atoms with Crippen molar-refractivity contribution in [3.63, 3.8) is 0 Å². The summed E-state index contributed by atoms with van der Waals surface area (Å²) in [7, 11) is 1.70. The molecule has 2 aromatic rings. The van der Waals surface area contributed by atoms with Gasteiger partial charge in [-0.15, -0.1) is 0 Å². The first kappa shape index (κ1) is 15.6. The monoisotopic (exact) mass is 310 g/mol. The van der Waals surface area contributed by atoms with Gasteiger partial charge in [0.05, 0.1) is 26.0 Å². The lowest BCUT2D eigenvalue weighted by molar-refractivity contribution is 0.122. The summed E-state index contributed by atoms with van der Waals surface area (Å²) in [6, 6.07) is 14.3. The number of aliphatic imine (C=N–C) groups is 1. The highest BCUT2D eigenvalue weighted by atomic mass is 16.5. The second-order valence-electron chi connectivity index (χ2n) is 5.57. The van der Waals surface area contributed by atoms with Crippen LogP contribution in [-0.4, -0.2) is 39.6 Å². The van der Waals surface area contributed by atoms with Gasteiger partial charge in [-0.25, -0.2) is 0 Å². The zero-order valence-corrected chi connectivity index (χ0v) is 13.7. The van der Waals surface area contributed by atoms with Crippen LogP contribution in [0.25, 0.3) is 0 Å². The average Bonchev–Trinajstić information content (AvgIpc) is 2.61. The van der Waals surface area contributed by atoms with Crippen molar-refractivity contribution in [2.45, 2.75) is 6.92 Å². The minimum atomic E-state index is 0.777. The highest BCUT2D eigenvalue weighted by Crippen LogP contribution is 2.26. The molecule has 0 atom stereocenters. The van der Waals surface area contributed by atoms with Gasteiger partial charge in [-0.1, -0.05) is 18.2 Å². The van der Waals surface area contributed by atoms with Crippen molar-refractivity contribution in [1.82, 2.24) is 0 Å². The van der Waals surface area contributed by atoms with E-state index in [1.54, 1.807) is 7.11 Å². The Morgan fingerprint density at radius 3 is 2.65 bits per heavy atom. The first-order chi connectivity index (χ1) is 11.3. The maximum atomic E-state index is 5.55. The van der Waals surface area contributed by atoms with E-state index in [-0.39, 0.29) is 0 Å². The smallest absolute Gasteiger partial charge is 0.129 e. The zero-order valence-electron chi connectivity index (χ0n) is 13.7. The van der Waals surface area contributed by atoms with Crippen LogP contribution in [0.1, 0.15) is 11.1 Å². The summed E-state index contributed by atoms with van der Waals surface area (Å²) in [5.74, 6) is 0.839. The fourth-order valence-electron chi connectivity index (χ4n) is 2.67. The highest BCUT2D eigenvalue weighted by Gasteiger charge is 2.13. The van der Waals surface area contributed by atoms with Crippen LogP contribution >= 0.6 is 0 Å². The van der Waals surface area contributed by atoms with E-state index in [9.17, 15) is 0 Å². The number of ether oxygens (including phenoxy) is 2. The van der Waals surface area contributed by atoms with Crippen LogP contribution in [0.5, 0.6) is 5.75 Å². The lowest BCUT2D eigenvalue weighted by Gasteiger charge is -2.29. The Morgan fingerprint density at radius 1 is 1.13 bits per heavy atom. The van der Waals surface area contributed by atoms with E-state index in [0.29, 0.717) is 0 Å². The van der Waals surface area contributed by atoms with E-state index in [0.717, 1.165) is 54.6 Å². The fraction of sp³-hybridized carbons (Fsp3) is 0.316. The summed E-state index contributed by atoms with van der Waals surface area (Å²) in [4.78, 5) is 6.90. The van der Waals surface area contributed by atoms with Crippen molar-refractivity contribution >= 4 is 17.6 Å². The second-order valence-corrected chi connectivity index (χ2v) is 5.57. The fourth-order valence-corrected chi connectivity index (χ4v) is 2.67. The van der Waals surface area contributed by atoms with Gasteiger partial charge in [0.15, 0.2) is 0 Å². The van der Waals surface area contributed by atoms with E-state index in [1.807, 2.05) is 24.4 Å². The first-order valence-corrected chi connectivity index (χ1v) is 7.88. The van der Waals surface area contributed by atoms with Crippen molar-refractivity contribution in [3.05, 3.63) is 53.6 Å². The van der Waals surface area contributed by atoms with Crippen molar-refractivity contribution in [3.8, 4) is 5.75 Å². The van der Waals surface area contributed by atoms with Gasteiger partial charge in [0, 0.05) is 36.6 Å². The van der Waals surface area contributed by atoms with Crippen LogP contribution < -0.4 is 9.64 Å². The van der Waals surface area contributed by atoms with Gasteiger partial charge in [-0.3, -0.25) is 4.99 Å². The van der Waals surface area contributed by atoms with Gasteiger partial charge in [0.1, 0.15) is 5.75 Å². The molecule has 1 saturated heterocycles. The SMILES string of the molecule is COc1cc(N2CCOCC2)ccc1C=Nc1ccccc1C. The third kappa shape index (κ3) is 3.71. The molecule has 0 N–H and O–H groups in total. The lowest BCUT2D eigenvalue weighted by Crippen LogP contribution is -2.36. The summed E-state index contributed by atoms with van der Waals surface area (Å²) in [5, 5.41) is 0. The maximum Gasteiger partial charge on any atom is 0.129 e. The number of nitrogens with zero attached hydrogens (tertiary/aromatic N) is 2. The molecule has 0 radical (unpaired) electrons. The molecular formula is C19H22N2O2. The van der Waals surface area contributed by atoms with Gasteiger partial charge in [0.25, 0.3) is 0 Å². The largest absolute Gasteiger partial charge is 0.496 e. The van der Waals surface area contributed by atoms with E-state index < -0.39 is 0 Å². The molecule has 0 amide bonds. The molecule has 0 bridgehead atoms. The lowest BCUT2D eigenvalue weighted by atomic mass is 10.1. The molecule has 0 saturated carbocycles. The van der Waals surface area contributed by atoms with E-state index in [4.69, 9.17) is 9.47 Å². The topological polar surface area (TPSA) is 34.1 Å². The number of methoxy groups -OCH3 is 1. The number of rotatable bonds is 4. The van der Waals surface area contributed by atoms with Crippen LogP contribution in [0.3, 0.4) is 0 Å². The molecule has 0 aromatic heterocycles. The first-order valence-electron chi connectivity index (χ1n) is 7.88. The minimum absolute atomic E-state index is 0.777. The summed E-state index contributed by atoms with van der Waals surface area (Å²) < 4.78 is 11.0. The maximum absolute atomic E-state index is 5.55. The Morgan fingerprint density at radius 2 is 1.91 bits per heavy atom. The summed E-state index contributed by atoms with van der Waals surface area (Å²) in [5.41, 5.74) is 4.28. The summed E-state index contributed by atoms with van der Waals surface area (Å²) >= 11 is 0. The Hall–Kier alpha value is -2.33. The molecule has 1 aliphatic heterocycles. The number of para-hydroxylation sites is 1. The standard InChI is InChI=1S/C19H22N2O2/c1-15-5-3-4-6-18(15)20-14-16-7-8-17(13-19(16)22-2)21-9-11-23-12-10-21/h3-8,13-14H,9-12H2,1-2H3. The predicted molar refractivity (Wildman–Crippen MR) is 94.5 cm³/mol. The van der Waals surface area contributed by atoms with Crippen molar-refractivity contribution in [2.24, 2.45) is 4.99 Å². The molecule has 0 aliphatic carbocycles. The van der Waals surface area contributed by atoms with Crippen molar-refractivity contribution < 1.29 is 9.47 Å². The molecule has 0 unspecified atom stereocenters. The number of morpholine rings is 1. The molecule has 1 aliphatic rings. The summed E-state index contributed by atoms with van der Waals surface area (Å²) in [6.45, 7) is 5.45. The van der Waals surface area contributed by atoms with E-state index in [1.165, 1.54) is 0 Å². The van der Waals surface area contributed by atoms with Crippen LogP contribution in [0.2, 0.25) is 0 Å². The predicted octanol–water partition coefficient (Wildman–Crippen LogP) is 3.59. The molecule has 1 heterocycles. The Balaban J connectivity index is 1.83. The number of benzene rings is 2. The highest BCUT2D eigenvalue weighted by molar-refractivity contribution is 5.86. The number of aryl methyl sites for hydroxylation is 1. The molecule has 120 valence electrons. The average molecular weight is 310 g/mol. The van der Waals surface area contributed by atoms with Gasteiger partial charge in [0.2, 0.25) is 0 Å². The second kappa shape index (κ2) is 7.29. The Bertz CT molecular complexity index is 692.